The maximum atomic E-state index is 12.7. The molecule has 0 rings (SSSR count). The Labute approximate surface area is 347 Å². The Morgan fingerprint density at radius 3 is 1.38 bits per heavy atom. The summed E-state index contributed by atoms with van der Waals surface area (Å²) in [7, 11) is 0. The first-order valence-corrected chi connectivity index (χ1v) is 23.5. The normalized spacial score (nSPS) is 12.8. The number of carbonyl (C=O) groups is 2. The van der Waals surface area contributed by atoms with Crippen LogP contribution in [0.4, 0.5) is 0 Å². The molecule has 0 heterocycles. The molecule has 5 heteroatoms. The number of hydrogen-bond acceptors (Lipinski definition) is 5. The van der Waals surface area contributed by atoms with Crippen LogP contribution in [0.15, 0.2) is 72.9 Å². The molecule has 0 radical (unpaired) electrons. The van der Waals surface area contributed by atoms with Crippen molar-refractivity contribution < 1.29 is 23.8 Å². The summed E-state index contributed by atoms with van der Waals surface area (Å²) in [4.78, 5) is 25.2. The second-order valence-electron chi connectivity index (χ2n) is 15.3. The SMILES string of the molecule is CC/C=C\C/C=C\C/C=C\C/C=C\C/C=C\CCCCCC(=O)OCC(COCCCCCCCC/C=C\CCCC)OC(=O)CCCCCCCCCCC. The molecule has 0 aromatic carbocycles. The number of ether oxygens (including phenoxy) is 3. The van der Waals surface area contributed by atoms with Crippen LogP contribution in [-0.4, -0.2) is 37.9 Å². The van der Waals surface area contributed by atoms with E-state index in [-0.39, 0.29) is 25.2 Å². The van der Waals surface area contributed by atoms with Crippen LogP contribution in [0.5, 0.6) is 0 Å². The van der Waals surface area contributed by atoms with E-state index in [1.165, 1.54) is 96.3 Å². The highest BCUT2D eigenvalue weighted by Gasteiger charge is 2.17. The van der Waals surface area contributed by atoms with Crippen molar-refractivity contribution in [2.45, 2.75) is 219 Å². The van der Waals surface area contributed by atoms with E-state index in [1.54, 1.807) is 0 Å². The van der Waals surface area contributed by atoms with Crippen LogP contribution < -0.4 is 0 Å². The lowest BCUT2D eigenvalue weighted by Gasteiger charge is -2.18. The first-order valence-electron chi connectivity index (χ1n) is 23.5. The number of unbranched alkanes of at least 4 members (excludes halogenated alkanes) is 19. The Hall–Kier alpha value is -2.66. The smallest absolute Gasteiger partial charge is 0.306 e. The van der Waals surface area contributed by atoms with E-state index >= 15 is 0 Å². The lowest BCUT2D eigenvalue weighted by Crippen LogP contribution is -2.30. The van der Waals surface area contributed by atoms with Gasteiger partial charge in [0.25, 0.3) is 0 Å². The lowest BCUT2D eigenvalue weighted by molar-refractivity contribution is -0.163. The number of rotatable bonds is 42. The van der Waals surface area contributed by atoms with Crippen LogP contribution in [0.25, 0.3) is 0 Å². The third-order valence-corrected chi connectivity index (χ3v) is 9.73. The second-order valence-corrected chi connectivity index (χ2v) is 15.3. The predicted octanol–water partition coefficient (Wildman–Crippen LogP) is 15.6. The minimum absolute atomic E-state index is 0.0647. The summed E-state index contributed by atoms with van der Waals surface area (Å²) in [5, 5.41) is 0. The Balaban J connectivity index is 4.27. The van der Waals surface area contributed by atoms with Gasteiger partial charge in [0.1, 0.15) is 6.61 Å². The molecule has 0 spiro atoms. The zero-order valence-electron chi connectivity index (χ0n) is 36.9. The van der Waals surface area contributed by atoms with Gasteiger partial charge in [-0.3, -0.25) is 9.59 Å². The first kappa shape index (κ1) is 53.3. The topological polar surface area (TPSA) is 61.8 Å². The second kappa shape index (κ2) is 46.7. The van der Waals surface area contributed by atoms with Gasteiger partial charge >= 0.3 is 11.9 Å². The molecular weight excluding hydrogens is 693 g/mol. The molecular formula is C51H88O5. The quantitative estimate of drug-likeness (QED) is 0.0351. The zero-order valence-corrected chi connectivity index (χ0v) is 36.9. The maximum absolute atomic E-state index is 12.7. The van der Waals surface area contributed by atoms with Gasteiger partial charge in [-0.2, -0.15) is 0 Å². The van der Waals surface area contributed by atoms with Crippen molar-refractivity contribution in [3.63, 3.8) is 0 Å². The highest BCUT2D eigenvalue weighted by molar-refractivity contribution is 5.70. The average Bonchev–Trinajstić information content (AvgIpc) is 3.20. The Morgan fingerprint density at radius 1 is 0.411 bits per heavy atom. The summed E-state index contributed by atoms with van der Waals surface area (Å²) in [5.41, 5.74) is 0. The summed E-state index contributed by atoms with van der Waals surface area (Å²) < 4.78 is 17.3. The van der Waals surface area contributed by atoms with Gasteiger partial charge in [-0.1, -0.05) is 190 Å². The van der Waals surface area contributed by atoms with Crippen LogP contribution in [0, 0.1) is 0 Å². The molecule has 0 aliphatic heterocycles. The molecule has 0 aromatic rings. The summed E-state index contributed by atoms with van der Waals surface area (Å²) in [6.45, 7) is 7.62. The summed E-state index contributed by atoms with van der Waals surface area (Å²) in [5.74, 6) is -0.441. The standard InChI is InChI=1S/C51H88O5/c1-4-7-10-13-16-19-21-23-24-25-26-27-28-29-30-33-35-38-41-44-50(52)55-48-49(56-51(53)45-42-39-36-32-18-15-12-9-6-3)47-54-46-43-40-37-34-31-22-20-17-14-11-8-5-2/h7,10,14,16-17,19,23-24,26-27,29-30,49H,4-6,8-9,11-13,15,18,20-22,25,28,31-48H2,1-3H3/b10-7-,17-14-,19-16-,24-23-,27-26-,30-29-. The number of allylic oxidation sites excluding steroid dienone is 12. The fourth-order valence-electron chi connectivity index (χ4n) is 6.22. The summed E-state index contributed by atoms with van der Waals surface area (Å²) in [6, 6.07) is 0. The maximum Gasteiger partial charge on any atom is 0.306 e. The van der Waals surface area contributed by atoms with Crippen molar-refractivity contribution in [2.24, 2.45) is 0 Å². The summed E-state index contributed by atoms with van der Waals surface area (Å²) >= 11 is 0. The highest BCUT2D eigenvalue weighted by atomic mass is 16.6. The number of esters is 2. The third-order valence-electron chi connectivity index (χ3n) is 9.73. The molecule has 1 unspecified atom stereocenters. The summed E-state index contributed by atoms with van der Waals surface area (Å²) in [6.07, 6.45) is 59.0. The van der Waals surface area contributed by atoms with E-state index in [0.29, 0.717) is 19.4 Å². The van der Waals surface area contributed by atoms with Crippen LogP contribution >= 0.6 is 0 Å². The average molecular weight is 781 g/mol. The van der Waals surface area contributed by atoms with Crippen molar-refractivity contribution in [1.29, 1.82) is 0 Å². The number of carbonyl (C=O) groups excluding carboxylic acids is 2. The molecule has 322 valence electrons. The monoisotopic (exact) mass is 781 g/mol. The molecule has 0 aliphatic rings. The molecule has 56 heavy (non-hydrogen) atoms. The minimum atomic E-state index is -0.550. The largest absolute Gasteiger partial charge is 0.462 e. The third kappa shape index (κ3) is 44.1. The molecule has 0 N–H and O–H groups in total. The van der Waals surface area contributed by atoms with Gasteiger partial charge in [0, 0.05) is 19.4 Å². The van der Waals surface area contributed by atoms with Gasteiger partial charge in [-0.05, 0) is 83.5 Å². The van der Waals surface area contributed by atoms with Crippen molar-refractivity contribution in [3.8, 4) is 0 Å². The van der Waals surface area contributed by atoms with Gasteiger partial charge in [-0.25, -0.2) is 0 Å². The Kier molecular flexibility index (Phi) is 44.5. The van der Waals surface area contributed by atoms with Crippen LogP contribution in [0.1, 0.15) is 213 Å². The Bertz CT molecular complexity index is 1020. The molecule has 0 saturated heterocycles. The van der Waals surface area contributed by atoms with Gasteiger partial charge < -0.3 is 14.2 Å². The zero-order chi connectivity index (χ0) is 40.7. The minimum Gasteiger partial charge on any atom is -0.462 e. The molecule has 0 amide bonds. The molecule has 0 bridgehead atoms. The van der Waals surface area contributed by atoms with Crippen molar-refractivity contribution in [1.82, 2.24) is 0 Å². The van der Waals surface area contributed by atoms with E-state index in [2.05, 4.69) is 93.7 Å². The molecule has 0 saturated carbocycles. The predicted molar refractivity (Wildman–Crippen MR) is 242 cm³/mol. The van der Waals surface area contributed by atoms with Gasteiger partial charge in [-0.15, -0.1) is 0 Å². The Morgan fingerprint density at radius 2 is 0.821 bits per heavy atom. The molecule has 0 aromatic heterocycles. The molecule has 1 atom stereocenters. The molecule has 5 nitrogen and oxygen atoms in total. The van der Waals surface area contributed by atoms with E-state index in [4.69, 9.17) is 14.2 Å². The van der Waals surface area contributed by atoms with E-state index in [0.717, 1.165) is 83.5 Å². The van der Waals surface area contributed by atoms with Gasteiger partial charge in [0.2, 0.25) is 0 Å². The molecule has 0 aliphatic carbocycles. The fraction of sp³-hybridized carbons (Fsp3) is 0.725. The lowest BCUT2D eigenvalue weighted by atomic mass is 10.1. The fourth-order valence-corrected chi connectivity index (χ4v) is 6.22. The van der Waals surface area contributed by atoms with Crippen molar-refractivity contribution in [2.75, 3.05) is 19.8 Å². The van der Waals surface area contributed by atoms with Crippen LogP contribution in [0.3, 0.4) is 0 Å². The molecule has 0 fully saturated rings. The van der Waals surface area contributed by atoms with E-state index < -0.39 is 6.10 Å². The van der Waals surface area contributed by atoms with E-state index in [1.807, 2.05) is 0 Å². The van der Waals surface area contributed by atoms with Crippen molar-refractivity contribution >= 4 is 11.9 Å². The van der Waals surface area contributed by atoms with Crippen LogP contribution in [-0.2, 0) is 23.8 Å². The van der Waals surface area contributed by atoms with Crippen molar-refractivity contribution in [3.05, 3.63) is 72.9 Å². The van der Waals surface area contributed by atoms with Crippen LogP contribution in [0.2, 0.25) is 0 Å². The highest BCUT2D eigenvalue weighted by Crippen LogP contribution is 2.13. The van der Waals surface area contributed by atoms with Gasteiger partial charge in [0.15, 0.2) is 6.10 Å². The number of hydrogen-bond donors (Lipinski definition) is 0. The van der Waals surface area contributed by atoms with E-state index in [9.17, 15) is 9.59 Å². The van der Waals surface area contributed by atoms with Gasteiger partial charge in [0.05, 0.1) is 6.61 Å². The first-order chi connectivity index (χ1) is 27.6.